The first-order valence-corrected chi connectivity index (χ1v) is 9.42. The maximum atomic E-state index is 11.9. The third kappa shape index (κ3) is 11.8. The number of hydrogen-bond acceptors (Lipinski definition) is 2. The van der Waals surface area contributed by atoms with Crippen molar-refractivity contribution in [2.45, 2.75) is 13.8 Å². The number of carbonyl (C=O) groups excluding carboxylic acids is 1. The SMILES string of the molecule is C#CC#CC#CC#CC#CC#CC#CC#CC#CNC(=O)Nc1ccc(N(C)CC)cc1C. The smallest absolute Gasteiger partial charge is 0.330 e. The first-order valence-electron chi connectivity index (χ1n) is 9.42. The van der Waals surface area contributed by atoms with Gasteiger partial charge in [0.2, 0.25) is 0 Å². The highest BCUT2D eigenvalue weighted by Gasteiger charge is 2.05. The molecule has 33 heavy (non-hydrogen) atoms. The normalized spacial score (nSPS) is 6.73. The summed E-state index contributed by atoms with van der Waals surface area (Å²) < 4.78 is 0. The summed E-state index contributed by atoms with van der Waals surface area (Å²) in [7, 11) is 2.01. The number of terminal acetylenes is 1. The van der Waals surface area contributed by atoms with Crippen molar-refractivity contribution in [2.75, 3.05) is 23.8 Å². The van der Waals surface area contributed by atoms with Crippen LogP contribution in [-0.4, -0.2) is 19.6 Å². The first kappa shape index (κ1) is 25.4. The van der Waals surface area contributed by atoms with E-state index < -0.39 is 6.03 Å². The van der Waals surface area contributed by atoms with Crippen LogP contribution in [0.25, 0.3) is 0 Å². The van der Waals surface area contributed by atoms with E-state index in [1.54, 1.807) is 0 Å². The number of carbonyl (C=O) groups is 1. The van der Waals surface area contributed by atoms with E-state index in [0.717, 1.165) is 17.8 Å². The molecular weight excluding hydrogens is 406 g/mol. The molecule has 0 aliphatic rings. The fraction of sp³-hybridized carbons (Fsp3) is 0.138. The van der Waals surface area contributed by atoms with Gasteiger partial charge >= 0.3 is 6.03 Å². The van der Waals surface area contributed by atoms with Gasteiger partial charge in [0, 0.05) is 78.4 Å². The van der Waals surface area contributed by atoms with Crippen molar-refractivity contribution >= 4 is 17.4 Å². The van der Waals surface area contributed by atoms with Crippen LogP contribution in [0, 0.1) is 114 Å². The van der Waals surface area contributed by atoms with Crippen LogP contribution >= 0.6 is 0 Å². The van der Waals surface area contributed by atoms with Crippen LogP contribution in [0.2, 0.25) is 0 Å². The average Bonchev–Trinajstić information content (AvgIpc) is 2.81. The predicted octanol–water partition coefficient (Wildman–Crippen LogP) is 2.19. The fourth-order valence-corrected chi connectivity index (χ4v) is 1.92. The molecule has 0 aliphatic heterocycles. The third-order valence-electron chi connectivity index (χ3n) is 3.56. The van der Waals surface area contributed by atoms with Crippen LogP contribution in [0.5, 0.6) is 0 Å². The zero-order valence-corrected chi connectivity index (χ0v) is 18.4. The van der Waals surface area contributed by atoms with Gasteiger partial charge in [-0.2, -0.15) is 0 Å². The quantitative estimate of drug-likeness (QED) is 0.578. The molecule has 1 aromatic carbocycles. The number of urea groups is 1. The molecule has 0 heterocycles. The molecular formula is C29H17N3O. The Kier molecular flexibility index (Phi) is 12.4. The van der Waals surface area contributed by atoms with E-state index in [0.29, 0.717) is 5.69 Å². The lowest BCUT2D eigenvalue weighted by molar-refractivity contribution is 0.255. The largest absolute Gasteiger partial charge is 0.375 e. The summed E-state index contributed by atoms with van der Waals surface area (Å²) >= 11 is 0. The van der Waals surface area contributed by atoms with Gasteiger partial charge in [-0.15, -0.1) is 6.42 Å². The molecule has 1 rings (SSSR count). The van der Waals surface area contributed by atoms with Crippen molar-refractivity contribution < 1.29 is 4.79 Å². The number of nitrogens with one attached hydrogen (secondary N) is 2. The molecule has 2 amide bonds. The van der Waals surface area contributed by atoms with Gasteiger partial charge in [-0.1, -0.05) is 0 Å². The Morgan fingerprint density at radius 1 is 0.848 bits per heavy atom. The number of anilines is 2. The number of hydrogen-bond donors (Lipinski definition) is 2. The highest BCUT2D eigenvalue weighted by Crippen LogP contribution is 2.21. The molecule has 0 unspecified atom stereocenters. The molecule has 0 bridgehead atoms. The van der Waals surface area contributed by atoms with Crippen LogP contribution in [0.3, 0.4) is 0 Å². The van der Waals surface area contributed by atoms with Crippen LogP contribution in [0.4, 0.5) is 16.2 Å². The predicted molar refractivity (Wildman–Crippen MR) is 133 cm³/mol. The lowest BCUT2D eigenvalue weighted by Crippen LogP contribution is -2.24. The zero-order chi connectivity index (χ0) is 24.2. The van der Waals surface area contributed by atoms with E-state index >= 15 is 0 Å². The highest BCUT2D eigenvalue weighted by molar-refractivity contribution is 5.91. The summed E-state index contributed by atoms with van der Waals surface area (Å²) in [5.41, 5.74) is 2.73. The summed E-state index contributed by atoms with van der Waals surface area (Å²) in [5.74, 6) is 39.1. The van der Waals surface area contributed by atoms with Crippen LogP contribution in [-0.2, 0) is 0 Å². The van der Waals surface area contributed by atoms with Crippen LogP contribution in [0.15, 0.2) is 18.2 Å². The maximum Gasteiger partial charge on any atom is 0.330 e. The first-order chi connectivity index (χ1) is 16.1. The van der Waals surface area contributed by atoms with Crippen LogP contribution < -0.4 is 15.5 Å². The second-order valence-corrected chi connectivity index (χ2v) is 5.74. The molecule has 0 aliphatic carbocycles. The Morgan fingerprint density at radius 3 is 1.79 bits per heavy atom. The van der Waals surface area contributed by atoms with Gasteiger partial charge in [-0.05, 0) is 85.0 Å². The Balaban J connectivity index is 2.48. The molecule has 4 nitrogen and oxygen atoms in total. The van der Waals surface area contributed by atoms with Crippen molar-refractivity contribution in [3.8, 4) is 107 Å². The molecule has 154 valence electrons. The minimum atomic E-state index is -0.450. The van der Waals surface area contributed by atoms with Gasteiger partial charge in [-0.3, -0.25) is 5.32 Å². The van der Waals surface area contributed by atoms with Crippen molar-refractivity contribution in [1.82, 2.24) is 5.32 Å². The van der Waals surface area contributed by atoms with Gasteiger partial charge in [0.1, 0.15) is 0 Å². The lowest BCUT2D eigenvalue weighted by atomic mass is 10.1. The maximum absolute atomic E-state index is 11.9. The Labute approximate surface area is 196 Å². The fourth-order valence-electron chi connectivity index (χ4n) is 1.92. The standard InChI is InChI=1S/C29H17N3O/c1-5-7-8-9-10-11-12-13-14-15-16-17-18-19-20-21-24-30-29(33)31-28-23-22-27(25-26(28)3)32(4)6-2/h1,22-23,25H,6H2,2-4H3,(H2,30,31,33). The third-order valence-corrected chi connectivity index (χ3v) is 3.56. The zero-order valence-electron chi connectivity index (χ0n) is 18.4. The molecule has 0 radical (unpaired) electrons. The molecule has 4 heteroatoms. The molecule has 0 fully saturated rings. The minimum Gasteiger partial charge on any atom is -0.375 e. The van der Waals surface area contributed by atoms with E-state index in [-0.39, 0.29) is 0 Å². The molecule has 0 atom stereocenters. The van der Waals surface area contributed by atoms with Crippen molar-refractivity contribution in [3.05, 3.63) is 23.8 Å². The van der Waals surface area contributed by atoms with Crippen molar-refractivity contribution in [1.29, 1.82) is 0 Å². The second-order valence-electron chi connectivity index (χ2n) is 5.74. The van der Waals surface area contributed by atoms with E-state index in [9.17, 15) is 4.79 Å². The van der Waals surface area contributed by atoms with Gasteiger partial charge < -0.3 is 10.2 Å². The summed E-state index contributed by atoms with van der Waals surface area (Å²) in [5, 5.41) is 5.14. The van der Waals surface area contributed by atoms with Crippen molar-refractivity contribution in [2.24, 2.45) is 0 Å². The van der Waals surface area contributed by atoms with Gasteiger partial charge in [0.15, 0.2) is 0 Å². The Bertz CT molecular complexity index is 1450. The van der Waals surface area contributed by atoms with E-state index in [4.69, 9.17) is 6.42 Å². The Hall–Kier alpha value is -5.67. The number of nitrogens with zero attached hydrogens (tertiary/aromatic N) is 1. The van der Waals surface area contributed by atoms with Crippen molar-refractivity contribution in [3.63, 3.8) is 0 Å². The van der Waals surface area contributed by atoms with Gasteiger partial charge in [0.05, 0.1) is 0 Å². The molecule has 2 N–H and O–H groups in total. The second kappa shape index (κ2) is 16.2. The summed E-state index contributed by atoms with van der Waals surface area (Å²) in [4.78, 5) is 14.0. The number of amides is 2. The molecule has 0 aromatic heterocycles. The molecule has 0 spiro atoms. The topological polar surface area (TPSA) is 44.4 Å². The lowest BCUT2D eigenvalue weighted by Gasteiger charge is -2.18. The number of benzene rings is 1. The van der Waals surface area contributed by atoms with Gasteiger partial charge in [-0.25, -0.2) is 4.79 Å². The summed E-state index contributed by atoms with van der Waals surface area (Å²) in [6, 6.07) is 7.79. The summed E-state index contributed by atoms with van der Waals surface area (Å²) in [6.45, 7) is 4.89. The minimum absolute atomic E-state index is 0.450. The average molecular weight is 423 g/mol. The summed E-state index contributed by atoms with van der Waals surface area (Å²) in [6.07, 6.45) is 4.93. The van der Waals surface area contributed by atoms with E-state index in [2.05, 4.69) is 123 Å². The molecule has 0 saturated heterocycles. The van der Waals surface area contributed by atoms with E-state index in [1.165, 1.54) is 0 Å². The molecule has 0 saturated carbocycles. The number of aryl methyl sites for hydroxylation is 1. The highest BCUT2D eigenvalue weighted by atomic mass is 16.2. The monoisotopic (exact) mass is 423 g/mol. The number of rotatable bonds is 3. The van der Waals surface area contributed by atoms with Gasteiger partial charge in [0.25, 0.3) is 0 Å². The van der Waals surface area contributed by atoms with Crippen LogP contribution in [0.1, 0.15) is 12.5 Å². The van der Waals surface area contributed by atoms with E-state index in [1.807, 2.05) is 32.2 Å². The molecule has 1 aromatic rings. The Morgan fingerprint density at radius 2 is 1.33 bits per heavy atom.